The lowest BCUT2D eigenvalue weighted by atomic mass is 10.2. The van der Waals surface area contributed by atoms with Crippen LogP contribution in [0.2, 0.25) is 0 Å². The molecule has 1 N–H and O–H groups in total. The van der Waals surface area contributed by atoms with Gasteiger partial charge in [0, 0.05) is 11.6 Å². The molecule has 4 heteroatoms. The summed E-state index contributed by atoms with van der Waals surface area (Å²) in [4.78, 5) is 10.7. The first kappa shape index (κ1) is 13.0. The van der Waals surface area contributed by atoms with E-state index in [4.69, 9.17) is 9.47 Å². The molecule has 0 aliphatic heterocycles. The lowest BCUT2D eigenvalue weighted by Crippen LogP contribution is -1.96. The van der Waals surface area contributed by atoms with E-state index in [1.807, 2.05) is 24.3 Å². The van der Waals surface area contributed by atoms with Crippen LogP contribution in [0.25, 0.3) is 0 Å². The highest BCUT2D eigenvalue weighted by Gasteiger charge is 2.01. The predicted octanol–water partition coefficient (Wildman–Crippen LogP) is 2.79. The largest absolute Gasteiger partial charge is 0.508 e. The van der Waals surface area contributed by atoms with Crippen molar-refractivity contribution in [2.75, 3.05) is 7.11 Å². The molecule has 0 bridgehead atoms. The van der Waals surface area contributed by atoms with Crippen molar-refractivity contribution in [1.82, 2.24) is 0 Å². The van der Waals surface area contributed by atoms with Crippen molar-refractivity contribution in [3.63, 3.8) is 0 Å². The third-order valence-corrected chi connectivity index (χ3v) is 2.61. The van der Waals surface area contributed by atoms with Gasteiger partial charge < -0.3 is 14.6 Å². The van der Waals surface area contributed by atoms with Gasteiger partial charge in [-0.15, -0.1) is 0 Å². The van der Waals surface area contributed by atoms with Gasteiger partial charge in [-0.25, -0.2) is 0 Å². The van der Waals surface area contributed by atoms with Crippen molar-refractivity contribution in [2.24, 2.45) is 0 Å². The zero-order valence-corrected chi connectivity index (χ0v) is 10.5. The molecule has 0 saturated carbocycles. The number of methoxy groups -OCH3 is 1. The minimum Gasteiger partial charge on any atom is -0.508 e. The molecule has 2 aromatic rings. The quantitative estimate of drug-likeness (QED) is 0.838. The Morgan fingerprint density at radius 1 is 1.11 bits per heavy atom. The van der Waals surface area contributed by atoms with E-state index in [2.05, 4.69) is 0 Å². The Morgan fingerprint density at radius 2 is 1.84 bits per heavy atom. The summed E-state index contributed by atoms with van der Waals surface area (Å²) >= 11 is 0. The second kappa shape index (κ2) is 5.91. The minimum atomic E-state index is 0.00864. The van der Waals surface area contributed by atoms with Crippen molar-refractivity contribution in [2.45, 2.75) is 6.61 Å². The molecule has 0 saturated heterocycles. The summed E-state index contributed by atoms with van der Waals surface area (Å²) in [5.41, 5.74) is 1.35. The summed E-state index contributed by atoms with van der Waals surface area (Å²) in [6.45, 7) is 0.353. The molecule has 2 rings (SSSR count). The second-order valence-electron chi connectivity index (χ2n) is 4.01. The van der Waals surface area contributed by atoms with E-state index in [9.17, 15) is 9.90 Å². The van der Waals surface area contributed by atoms with Gasteiger partial charge >= 0.3 is 0 Å². The summed E-state index contributed by atoms with van der Waals surface area (Å²) in [7, 11) is 1.61. The molecule has 0 aliphatic carbocycles. The lowest BCUT2D eigenvalue weighted by Gasteiger charge is -2.08. The Hall–Kier alpha value is -2.49. The van der Waals surface area contributed by atoms with Crippen LogP contribution in [0, 0.1) is 0 Å². The van der Waals surface area contributed by atoms with Gasteiger partial charge in [-0.2, -0.15) is 0 Å². The Bertz CT molecular complexity index is 561. The average Bonchev–Trinajstić information content (AvgIpc) is 2.45. The highest BCUT2D eigenvalue weighted by atomic mass is 16.5. The van der Waals surface area contributed by atoms with Gasteiger partial charge in [-0.05, 0) is 29.8 Å². The highest BCUT2D eigenvalue weighted by Crippen LogP contribution is 2.22. The average molecular weight is 258 g/mol. The van der Waals surface area contributed by atoms with Gasteiger partial charge in [0.2, 0.25) is 0 Å². The van der Waals surface area contributed by atoms with Crippen LogP contribution in [-0.2, 0) is 6.61 Å². The SMILES string of the molecule is COc1ccc(COc2cc(O)cc(C=O)c2)cc1. The molecule has 0 atom stereocenters. The second-order valence-corrected chi connectivity index (χ2v) is 4.01. The maximum atomic E-state index is 10.7. The van der Waals surface area contributed by atoms with Crippen molar-refractivity contribution >= 4 is 6.29 Å². The molecule has 0 amide bonds. The van der Waals surface area contributed by atoms with Crippen LogP contribution in [0.5, 0.6) is 17.2 Å². The number of carbonyl (C=O) groups excluding carboxylic acids is 1. The van der Waals surface area contributed by atoms with E-state index in [1.54, 1.807) is 13.2 Å². The fraction of sp³-hybridized carbons (Fsp3) is 0.133. The molecule has 0 unspecified atom stereocenters. The van der Waals surface area contributed by atoms with Crippen LogP contribution in [-0.4, -0.2) is 18.5 Å². The molecule has 4 nitrogen and oxygen atoms in total. The van der Waals surface area contributed by atoms with Gasteiger partial charge in [-0.1, -0.05) is 12.1 Å². The highest BCUT2D eigenvalue weighted by molar-refractivity contribution is 5.76. The molecule has 19 heavy (non-hydrogen) atoms. The van der Waals surface area contributed by atoms with E-state index in [0.717, 1.165) is 11.3 Å². The van der Waals surface area contributed by atoms with E-state index >= 15 is 0 Å². The maximum absolute atomic E-state index is 10.7. The first-order valence-electron chi connectivity index (χ1n) is 5.76. The molecule has 0 fully saturated rings. The number of phenolic OH excluding ortho intramolecular Hbond substituents is 1. The van der Waals surface area contributed by atoms with Crippen LogP contribution in [0.1, 0.15) is 15.9 Å². The number of aldehydes is 1. The standard InChI is InChI=1S/C15H14O4/c1-18-14-4-2-11(3-5-14)10-19-15-7-12(9-16)6-13(17)8-15/h2-9,17H,10H2,1H3. The zero-order valence-electron chi connectivity index (χ0n) is 10.5. The number of hydrogen-bond donors (Lipinski definition) is 1. The molecule has 0 aliphatic rings. The fourth-order valence-electron chi connectivity index (χ4n) is 1.65. The first-order chi connectivity index (χ1) is 9.21. The van der Waals surface area contributed by atoms with Crippen molar-refractivity contribution < 1.29 is 19.4 Å². The molecule has 0 spiro atoms. The van der Waals surface area contributed by atoms with Crippen molar-refractivity contribution in [3.8, 4) is 17.2 Å². The van der Waals surface area contributed by atoms with Crippen molar-refractivity contribution in [1.29, 1.82) is 0 Å². The summed E-state index contributed by atoms with van der Waals surface area (Å²) in [6.07, 6.45) is 0.667. The number of ether oxygens (including phenoxy) is 2. The number of hydrogen-bond acceptors (Lipinski definition) is 4. The van der Waals surface area contributed by atoms with Gasteiger partial charge in [0.25, 0.3) is 0 Å². The van der Waals surface area contributed by atoms with Gasteiger partial charge in [0.1, 0.15) is 30.1 Å². The summed E-state index contributed by atoms with van der Waals surface area (Å²) in [5, 5.41) is 9.44. The molecule has 2 aromatic carbocycles. The Labute approximate surface area is 111 Å². The number of aromatic hydroxyl groups is 1. The normalized spacial score (nSPS) is 9.95. The van der Waals surface area contributed by atoms with E-state index in [-0.39, 0.29) is 5.75 Å². The van der Waals surface area contributed by atoms with Crippen LogP contribution in [0.4, 0.5) is 0 Å². The lowest BCUT2D eigenvalue weighted by molar-refractivity contribution is 0.112. The molecular weight excluding hydrogens is 244 g/mol. The van der Waals surface area contributed by atoms with E-state index < -0.39 is 0 Å². The Morgan fingerprint density at radius 3 is 2.47 bits per heavy atom. The predicted molar refractivity (Wildman–Crippen MR) is 70.8 cm³/mol. The van der Waals surface area contributed by atoms with Gasteiger partial charge in [0.15, 0.2) is 0 Å². The summed E-state index contributed by atoms with van der Waals surface area (Å²) in [5.74, 6) is 1.25. The molecular formula is C15H14O4. The number of benzene rings is 2. The van der Waals surface area contributed by atoms with Crippen LogP contribution >= 0.6 is 0 Å². The first-order valence-corrected chi connectivity index (χ1v) is 5.76. The molecule has 0 aromatic heterocycles. The molecule has 98 valence electrons. The smallest absolute Gasteiger partial charge is 0.150 e. The third-order valence-electron chi connectivity index (χ3n) is 2.61. The van der Waals surface area contributed by atoms with Crippen LogP contribution in [0.3, 0.4) is 0 Å². The topological polar surface area (TPSA) is 55.8 Å². The molecule has 0 radical (unpaired) electrons. The van der Waals surface area contributed by atoms with Gasteiger partial charge in [-0.3, -0.25) is 4.79 Å². The third kappa shape index (κ3) is 3.48. The number of phenols is 1. The molecule has 0 heterocycles. The number of rotatable bonds is 5. The maximum Gasteiger partial charge on any atom is 0.150 e. The zero-order chi connectivity index (χ0) is 13.7. The van der Waals surface area contributed by atoms with E-state index in [0.29, 0.717) is 24.2 Å². The fourth-order valence-corrected chi connectivity index (χ4v) is 1.65. The Balaban J connectivity index is 2.05. The van der Waals surface area contributed by atoms with Crippen LogP contribution < -0.4 is 9.47 Å². The summed E-state index contributed by atoms with van der Waals surface area (Å²) in [6, 6.07) is 11.9. The number of carbonyl (C=O) groups is 1. The minimum absolute atomic E-state index is 0.00864. The van der Waals surface area contributed by atoms with E-state index in [1.165, 1.54) is 12.1 Å². The van der Waals surface area contributed by atoms with Crippen molar-refractivity contribution in [3.05, 3.63) is 53.6 Å². The monoisotopic (exact) mass is 258 g/mol. The summed E-state index contributed by atoms with van der Waals surface area (Å²) < 4.78 is 10.6. The van der Waals surface area contributed by atoms with Gasteiger partial charge in [0.05, 0.1) is 7.11 Å². The van der Waals surface area contributed by atoms with Crippen LogP contribution in [0.15, 0.2) is 42.5 Å². The Kier molecular flexibility index (Phi) is 4.03.